The van der Waals surface area contributed by atoms with E-state index in [9.17, 15) is 18.5 Å². The van der Waals surface area contributed by atoms with Crippen LogP contribution in [0.15, 0.2) is 23.1 Å². The van der Waals surface area contributed by atoms with Crippen molar-refractivity contribution in [1.82, 2.24) is 4.31 Å². The summed E-state index contributed by atoms with van der Waals surface area (Å²) < 4.78 is 32.0. The summed E-state index contributed by atoms with van der Waals surface area (Å²) in [6.07, 6.45) is 2.08. The highest BCUT2D eigenvalue weighted by atomic mass is 32.2. The summed E-state index contributed by atoms with van der Waals surface area (Å²) in [5, 5.41) is 11.6. The van der Waals surface area contributed by atoms with Crippen LogP contribution in [0.2, 0.25) is 0 Å². The first-order valence-electron chi connectivity index (χ1n) is 8.51. The van der Waals surface area contributed by atoms with E-state index in [1.807, 2.05) is 4.90 Å². The SMILES string of the molecule is C[C@H]1CCCN(c2ccc(S(=O)(=O)N3CCOCC3)cc2[N+](=O)[O-])C1. The molecule has 2 fully saturated rings. The maximum Gasteiger partial charge on any atom is 0.293 e. The maximum absolute atomic E-state index is 12.7. The molecule has 1 atom stereocenters. The Bertz CT molecular complexity index is 746. The third kappa shape index (κ3) is 3.78. The summed E-state index contributed by atoms with van der Waals surface area (Å²) in [7, 11) is -3.75. The van der Waals surface area contributed by atoms with Crippen LogP contribution in [-0.4, -0.2) is 57.0 Å². The minimum absolute atomic E-state index is 0.0325. The number of benzene rings is 1. The average Bonchev–Trinajstić information content (AvgIpc) is 2.62. The van der Waals surface area contributed by atoms with Crippen molar-refractivity contribution in [2.24, 2.45) is 5.92 Å². The molecule has 0 radical (unpaired) electrons. The van der Waals surface area contributed by atoms with Gasteiger partial charge in [-0.05, 0) is 30.9 Å². The Balaban J connectivity index is 1.95. The van der Waals surface area contributed by atoms with Gasteiger partial charge in [0.1, 0.15) is 5.69 Å². The Hall–Kier alpha value is -1.71. The molecule has 2 heterocycles. The molecule has 25 heavy (non-hydrogen) atoms. The molecular formula is C16H23N3O5S. The van der Waals surface area contributed by atoms with Crippen molar-refractivity contribution in [3.05, 3.63) is 28.3 Å². The number of anilines is 1. The van der Waals surface area contributed by atoms with Gasteiger partial charge in [-0.3, -0.25) is 10.1 Å². The molecule has 0 saturated carbocycles. The Labute approximate surface area is 147 Å². The second-order valence-electron chi connectivity index (χ2n) is 6.62. The van der Waals surface area contributed by atoms with Crippen molar-refractivity contribution in [2.45, 2.75) is 24.7 Å². The smallest absolute Gasteiger partial charge is 0.293 e. The summed E-state index contributed by atoms with van der Waals surface area (Å²) in [4.78, 5) is 13.0. The van der Waals surface area contributed by atoms with E-state index in [4.69, 9.17) is 4.74 Å². The number of nitro benzene ring substituents is 1. The first-order valence-corrected chi connectivity index (χ1v) is 9.95. The van der Waals surface area contributed by atoms with Crippen LogP contribution in [0.3, 0.4) is 0 Å². The first-order chi connectivity index (χ1) is 11.9. The number of morpholine rings is 1. The zero-order valence-electron chi connectivity index (χ0n) is 14.3. The van der Waals surface area contributed by atoms with E-state index in [1.54, 1.807) is 6.07 Å². The number of sulfonamides is 1. The van der Waals surface area contributed by atoms with Crippen molar-refractivity contribution in [2.75, 3.05) is 44.3 Å². The molecule has 2 aliphatic heterocycles. The second kappa shape index (κ2) is 7.27. The van der Waals surface area contributed by atoms with Crippen LogP contribution >= 0.6 is 0 Å². The van der Waals surface area contributed by atoms with Crippen LogP contribution in [0, 0.1) is 16.0 Å². The molecule has 0 N–H and O–H groups in total. The molecule has 1 aromatic carbocycles. The van der Waals surface area contributed by atoms with E-state index >= 15 is 0 Å². The van der Waals surface area contributed by atoms with Gasteiger partial charge in [-0.25, -0.2) is 8.42 Å². The number of nitro groups is 1. The van der Waals surface area contributed by atoms with Gasteiger partial charge in [-0.2, -0.15) is 4.31 Å². The normalized spacial score (nSPS) is 22.8. The zero-order chi connectivity index (χ0) is 18.0. The summed E-state index contributed by atoms with van der Waals surface area (Å²) >= 11 is 0. The molecule has 0 unspecified atom stereocenters. The van der Waals surface area contributed by atoms with Crippen LogP contribution in [0.5, 0.6) is 0 Å². The second-order valence-corrected chi connectivity index (χ2v) is 8.56. The molecule has 3 rings (SSSR count). The van der Waals surface area contributed by atoms with Crippen molar-refractivity contribution in [3.63, 3.8) is 0 Å². The standard InChI is InChI=1S/C16H23N3O5S/c1-13-3-2-6-17(12-13)15-5-4-14(11-16(15)19(20)21)25(22,23)18-7-9-24-10-8-18/h4-5,11,13H,2-3,6-10,12H2,1H3/t13-/m0/s1. The number of hydrogen-bond donors (Lipinski definition) is 0. The average molecular weight is 369 g/mol. The number of nitrogens with zero attached hydrogens (tertiary/aromatic N) is 3. The summed E-state index contributed by atoms with van der Waals surface area (Å²) in [6, 6.07) is 4.25. The summed E-state index contributed by atoms with van der Waals surface area (Å²) in [5.74, 6) is 0.463. The lowest BCUT2D eigenvalue weighted by atomic mass is 9.99. The molecule has 8 nitrogen and oxygen atoms in total. The zero-order valence-corrected chi connectivity index (χ0v) is 15.1. The monoisotopic (exact) mass is 369 g/mol. The number of hydrogen-bond acceptors (Lipinski definition) is 6. The van der Waals surface area contributed by atoms with Crippen LogP contribution < -0.4 is 4.90 Å². The molecule has 0 bridgehead atoms. The molecule has 2 aliphatic rings. The first kappa shape index (κ1) is 18.1. The third-order valence-corrected chi connectivity index (χ3v) is 6.64. The van der Waals surface area contributed by atoms with Crippen molar-refractivity contribution < 1.29 is 18.1 Å². The van der Waals surface area contributed by atoms with E-state index in [1.165, 1.54) is 16.4 Å². The highest BCUT2D eigenvalue weighted by Gasteiger charge is 2.30. The maximum atomic E-state index is 12.7. The third-order valence-electron chi connectivity index (χ3n) is 4.75. The molecule has 1 aromatic rings. The fraction of sp³-hybridized carbons (Fsp3) is 0.625. The molecular weight excluding hydrogens is 346 g/mol. The van der Waals surface area contributed by atoms with E-state index in [0.717, 1.165) is 25.9 Å². The van der Waals surface area contributed by atoms with Gasteiger partial charge in [-0.15, -0.1) is 0 Å². The lowest BCUT2D eigenvalue weighted by Gasteiger charge is -2.32. The van der Waals surface area contributed by atoms with Crippen molar-refractivity contribution in [3.8, 4) is 0 Å². The highest BCUT2D eigenvalue weighted by Crippen LogP contribution is 2.34. The quantitative estimate of drug-likeness (QED) is 0.594. The molecule has 0 aromatic heterocycles. The molecule has 138 valence electrons. The highest BCUT2D eigenvalue weighted by molar-refractivity contribution is 7.89. The number of rotatable bonds is 4. The predicted molar refractivity (Wildman–Crippen MR) is 93.3 cm³/mol. The van der Waals surface area contributed by atoms with Gasteiger partial charge in [0.25, 0.3) is 5.69 Å². The predicted octanol–water partition coefficient (Wildman–Crippen LogP) is 1.85. The van der Waals surface area contributed by atoms with E-state index in [2.05, 4.69) is 6.92 Å². The van der Waals surface area contributed by atoms with Crippen LogP contribution in [0.4, 0.5) is 11.4 Å². The van der Waals surface area contributed by atoms with Crippen molar-refractivity contribution in [1.29, 1.82) is 0 Å². The summed E-state index contributed by atoms with van der Waals surface area (Å²) in [5.41, 5.74) is 0.348. The molecule has 0 spiro atoms. The Kier molecular flexibility index (Phi) is 5.26. The summed E-state index contributed by atoms with van der Waals surface area (Å²) in [6.45, 7) is 4.82. The van der Waals surface area contributed by atoms with E-state index < -0.39 is 14.9 Å². The van der Waals surface area contributed by atoms with Gasteiger partial charge in [0, 0.05) is 32.2 Å². The van der Waals surface area contributed by atoms with Crippen LogP contribution in [-0.2, 0) is 14.8 Å². The Morgan fingerprint density at radius 1 is 1.24 bits per heavy atom. The Morgan fingerprint density at radius 2 is 1.96 bits per heavy atom. The van der Waals surface area contributed by atoms with Gasteiger partial charge in [0.05, 0.1) is 23.0 Å². The van der Waals surface area contributed by atoms with Crippen molar-refractivity contribution >= 4 is 21.4 Å². The Morgan fingerprint density at radius 3 is 2.60 bits per heavy atom. The van der Waals surface area contributed by atoms with E-state index in [0.29, 0.717) is 24.8 Å². The van der Waals surface area contributed by atoms with Crippen LogP contribution in [0.1, 0.15) is 19.8 Å². The largest absolute Gasteiger partial charge is 0.379 e. The fourth-order valence-corrected chi connectivity index (χ4v) is 4.85. The van der Waals surface area contributed by atoms with Gasteiger partial charge >= 0.3 is 0 Å². The molecule has 2 saturated heterocycles. The lowest BCUT2D eigenvalue weighted by molar-refractivity contribution is -0.384. The van der Waals surface area contributed by atoms with Gasteiger partial charge in [-0.1, -0.05) is 6.92 Å². The molecule has 9 heteroatoms. The van der Waals surface area contributed by atoms with E-state index in [-0.39, 0.29) is 23.7 Å². The fourth-order valence-electron chi connectivity index (χ4n) is 3.42. The minimum atomic E-state index is -3.75. The van der Waals surface area contributed by atoms with Crippen LogP contribution in [0.25, 0.3) is 0 Å². The number of piperidine rings is 1. The van der Waals surface area contributed by atoms with Gasteiger partial charge in [0.2, 0.25) is 10.0 Å². The number of ether oxygens (including phenoxy) is 1. The van der Waals surface area contributed by atoms with Gasteiger partial charge in [0.15, 0.2) is 0 Å². The molecule has 0 amide bonds. The lowest BCUT2D eigenvalue weighted by Crippen LogP contribution is -2.40. The molecule has 0 aliphatic carbocycles. The van der Waals surface area contributed by atoms with Gasteiger partial charge < -0.3 is 9.64 Å². The minimum Gasteiger partial charge on any atom is -0.379 e. The topological polar surface area (TPSA) is 93.0 Å².